The van der Waals surface area contributed by atoms with Gasteiger partial charge >= 0.3 is 47.9 Å². The van der Waals surface area contributed by atoms with Crippen LogP contribution in [-0.2, 0) is 15.0 Å². The molecule has 0 saturated heterocycles. The Kier molecular flexibility index (Phi) is 9.26. The average Bonchev–Trinajstić information content (AvgIpc) is 2.99. The zero-order chi connectivity index (χ0) is 37.2. The summed E-state index contributed by atoms with van der Waals surface area (Å²) < 4.78 is 253. The van der Waals surface area contributed by atoms with Crippen molar-refractivity contribution >= 4 is 12.6 Å². The van der Waals surface area contributed by atoms with Crippen molar-refractivity contribution in [1.82, 2.24) is 0 Å². The summed E-state index contributed by atoms with van der Waals surface area (Å²) in [4.78, 5) is 24.3. The van der Waals surface area contributed by atoms with Crippen LogP contribution in [0.25, 0.3) is 11.1 Å². The first-order valence-electron chi connectivity index (χ1n) is 12.5. The SMILES string of the molecule is O=CC1=CC(C(F)(F)C(F)(F)C(F)(F)C(F)(F)F)C(C=O)(c2ccccc2-c2ccccc2)C=C1C(F)(F)C(F)(F)C(F)(F)C(F)(F)F. The summed E-state index contributed by atoms with van der Waals surface area (Å²) >= 11 is 0. The smallest absolute Gasteiger partial charge is 0.302 e. The highest BCUT2D eigenvalue weighted by Crippen LogP contribution is 2.62. The maximum atomic E-state index is 15.6. The van der Waals surface area contributed by atoms with Crippen LogP contribution in [-0.4, -0.2) is 60.5 Å². The summed E-state index contributed by atoms with van der Waals surface area (Å²) in [5.74, 6) is -49.1. The fourth-order valence-electron chi connectivity index (χ4n) is 4.87. The van der Waals surface area contributed by atoms with E-state index in [1.165, 1.54) is 6.07 Å². The molecule has 2 aromatic rings. The predicted molar refractivity (Wildman–Crippen MR) is 127 cm³/mol. The van der Waals surface area contributed by atoms with Gasteiger partial charge < -0.3 is 4.79 Å². The first-order valence-corrected chi connectivity index (χ1v) is 12.5. The molecular weight excluding hydrogens is 710 g/mol. The lowest BCUT2D eigenvalue weighted by molar-refractivity contribution is -0.402. The van der Waals surface area contributed by atoms with E-state index >= 15 is 17.6 Å². The summed E-state index contributed by atoms with van der Waals surface area (Å²) in [6, 6.07) is 8.50. The van der Waals surface area contributed by atoms with Crippen molar-refractivity contribution in [3.05, 3.63) is 83.5 Å². The lowest BCUT2D eigenvalue weighted by Gasteiger charge is -2.46. The van der Waals surface area contributed by atoms with Crippen LogP contribution < -0.4 is 0 Å². The van der Waals surface area contributed by atoms with Gasteiger partial charge in [0.1, 0.15) is 12.6 Å². The second kappa shape index (κ2) is 11.6. The Morgan fingerprint density at radius 2 is 1.02 bits per heavy atom. The van der Waals surface area contributed by atoms with Crippen molar-refractivity contribution in [2.24, 2.45) is 5.92 Å². The van der Waals surface area contributed by atoms with Crippen molar-refractivity contribution in [3.63, 3.8) is 0 Å². The molecule has 1 aliphatic rings. The molecule has 48 heavy (non-hydrogen) atoms. The lowest BCUT2D eigenvalue weighted by atomic mass is 9.61. The minimum atomic E-state index is -7.71. The molecule has 2 atom stereocenters. The van der Waals surface area contributed by atoms with Crippen molar-refractivity contribution in [2.45, 2.75) is 53.3 Å². The van der Waals surface area contributed by atoms with Gasteiger partial charge in [-0.2, -0.15) is 79.0 Å². The van der Waals surface area contributed by atoms with Crippen LogP contribution >= 0.6 is 0 Å². The summed E-state index contributed by atoms with van der Waals surface area (Å²) in [6.07, 6.45) is -19.5. The molecule has 3 rings (SSSR count). The van der Waals surface area contributed by atoms with Crippen molar-refractivity contribution in [1.29, 1.82) is 0 Å². The number of hydrogen-bond donors (Lipinski definition) is 0. The van der Waals surface area contributed by atoms with Crippen LogP contribution in [0.4, 0.5) is 79.0 Å². The molecule has 0 saturated carbocycles. The van der Waals surface area contributed by atoms with Gasteiger partial charge in [-0.15, -0.1) is 0 Å². The molecule has 0 amide bonds. The average molecular weight is 724 g/mol. The highest BCUT2D eigenvalue weighted by atomic mass is 19.4. The molecule has 264 valence electrons. The summed E-state index contributed by atoms with van der Waals surface area (Å²) in [5, 5.41) is 0. The number of benzene rings is 2. The van der Waals surface area contributed by atoms with E-state index in [9.17, 15) is 71.1 Å². The van der Waals surface area contributed by atoms with E-state index in [-0.39, 0.29) is 5.56 Å². The number of rotatable bonds is 10. The fraction of sp³-hybridized carbons (Fsp3) is 0.357. The number of halogens is 18. The Morgan fingerprint density at radius 3 is 1.48 bits per heavy atom. The first kappa shape index (κ1) is 38.4. The number of alkyl halides is 18. The van der Waals surface area contributed by atoms with Gasteiger partial charge in [-0.3, -0.25) is 4.79 Å². The van der Waals surface area contributed by atoms with E-state index in [0.29, 0.717) is 12.1 Å². The third-order valence-corrected chi connectivity index (χ3v) is 7.40. The zero-order valence-corrected chi connectivity index (χ0v) is 22.7. The van der Waals surface area contributed by atoms with E-state index in [2.05, 4.69) is 0 Å². The number of aldehydes is 2. The molecule has 2 unspecified atom stereocenters. The molecule has 0 spiro atoms. The highest BCUT2D eigenvalue weighted by molar-refractivity contribution is 5.88. The Balaban J connectivity index is 2.58. The van der Waals surface area contributed by atoms with Crippen LogP contribution in [0, 0.1) is 5.92 Å². The number of allylic oxidation sites excluding steroid dienone is 4. The largest absolute Gasteiger partial charge is 0.460 e. The Bertz CT molecular complexity index is 1600. The number of carbonyl (C=O) groups is 2. The standard InChI is InChI=1S/C28H14F18O2/c29-21(30,23(33,34)25(37,38)27(41,42)43)18-11-20(13-48,17-9-5-4-8-16(17)14-6-2-1-3-7-14)19(10-15(18)12-47)22(31,32)24(35,36)26(39,40)28(44,45)46/h1-13,19H. The molecule has 0 bridgehead atoms. The molecule has 0 aliphatic heterocycles. The Labute approximate surface area is 255 Å². The van der Waals surface area contributed by atoms with Gasteiger partial charge in [0.2, 0.25) is 0 Å². The van der Waals surface area contributed by atoms with Crippen LogP contribution in [0.2, 0.25) is 0 Å². The molecular formula is C28H14F18O2. The minimum Gasteiger partial charge on any atom is -0.302 e. The third kappa shape index (κ3) is 5.34. The summed E-state index contributed by atoms with van der Waals surface area (Å²) in [5.41, 5.74) is -12.3. The van der Waals surface area contributed by atoms with Gasteiger partial charge in [0.25, 0.3) is 0 Å². The molecule has 0 heterocycles. The number of carbonyl (C=O) groups excluding carboxylic acids is 2. The molecule has 0 fully saturated rings. The van der Waals surface area contributed by atoms with Gasteiger partial charge in [0.15, 0.2) is 0 Å². The van der Waals surface area contributed by atoms with E-state index in [4.69, 9.17) is 0 Å². The summed E-state index contributed by atoms with van der Waals surface area (Å²) in [7, 11) is 0. The molecule has 2 nitrogen and oxygen atoms in total. The van der Waals surface area contributed by atoms with E-state index < -0.39 is 106 Å². The van der Waals surface area contributed by atoms with Gasteiger partial charge in [0, 0.05) is 11.1 Å². The molecule has 1 aliphatic carbocycles. The second-order valence-corrected chi connectivity index (χ2v) is 10.2. The maximum Gasteiger partial charge on any atom is 0.460 e. The Hall–Kier alpha value is -4.00. The predicted octanol–water partition coefficient (Wildman–Crippen LogP) is 9.41. The topological polar surface area (TPSA) is 34.1 Å². The maximum absolute atomic E-state index is 15.6. The lowest BCUT2D eigenvalue weighted by Crippen LogP contribution is -2.66. The van der Waals surface area contributed by atoms with Gasteiger partial charge in [-0.05, 0) is 16.7 Å². The zero-order valence-electron chi connectivity index (χ0n) is 22.7. The first-order chi connectivity index (χ1) is 21.5. The molecule has 0 radical (unpaired) electrons. The van der Waals surface area contributed by atoms with Gasteiger partial charge in [-0.1, -0.05) is 66.7 Å². The van der Waals surface area contributed by atoms with Crippen molar-refractivity contribution in [3.8, 4) is 11.1 Å². The number of hydrogen-bond acceptors (Lipinski definition) is 2. The van der Waals surface area contributed by atoms with Gasteiger partial charge in [0.05, 0.1) is 11.3 Å². The molecule has 2 aromatic carbocycles. The van der Waals surface area contributed by atoms with Crippen LogP contribution in [0.3, 0.4) is 0 Å². The van der Waals surface area contributed by atoms with Crippen LogP contribution in [0.5, 0.6) is 0 Å². The van der Waals surface area contributed by atoms with Crippen molar-refractivity contribution in [2.75, 3.05) is 0 Å². The summed E-state index contributed by atoms with van der Waals surface area (Å²) in [6.45, 7) is 0. The van der Waals surface area contributed by atoms with E-state index in [0.717, 1.165) is 36.4 Å². The molecule has 0 N–H and O–H groups in total. The second-order valence-electron chi connectivity index (χ2n) is 10.2. The highest BCUT2D eigenvalue weighted by Gasteiger charge is 2.85. The minimum absolute atomic E-state index is 0.287. The fourth-order valence-corrected chi connectivity index (χ4v) is 4.87. The van der Waals surface area contributed by atoms with Gasteiger partial charge in [-0.25, -0.2) is 0 Å². The molecule has 20 heteroatoms. The Morgan fingerprint density at radius 1 is 0.562 bits per heavy atom. The van der Waals surface area contributed by atoms with E-state index in [1.54, 1.807) is 0 Å². The monoisotopic (exact) mass is 724 g/mol. The molecule has 0 aromatic heterocycles. The normalized spacial score (nSPS) is 20.6. The third-order valence-electron chi connectivity index (χ3n) is 7.40. The quantitative estimate of drug-likeness (QED) is 0.181. The van der Waals surface area contributed by atoms with Crippen LogP contribution in [0.1, 0.15) is 5.56 Å². The van der Waals surface area contributed by atoms with Crippen molar-refractivity contribution < 1.29 is 88.6 Å². The van der Waals surface area contributed by atoms with Crippen LogP contribution in [0.15, 0.2) is 77.9 Å². The van der Waals surface area contributed by atoms with E-state index in [1.807, 2.05) is 0 Å².